The highest BCUT2D eigenvalue weighted by Gasteiger charge is 2.33. The van der Waals surface area contributed by atoms with Gasteiger partial charge in [0.15, 0.2) is 5.84 Å². The van der Waals surface area contributed by atoms with Gasteiger partial charge >= 0.3 is 0 Å². The van der Waals surface area contributed by atoms with Crippen molar-refractivity contribution in [2.75, 3.05) is 0 Å². The SMILES string of the molecule is CCC(C)(NC(=O)C(C)(C)C)/C(N)=N/O. The summed E-state index contributed by atoms with van der Waals surface area (Å²) < 4.78 is 0. The first-order valence-electron chi connectivity index (χ1n) is 4.98. The zero-order valence-electron chi connectivity index (χ0n) is 10.1. The average Bonchev–Trinajstić information content (AvgIpc) is 2.14. The molecule has 1 atom stereocenters. The fraction of sp³-hybridized carbons (Fsp3) is 0.800. The summed E-state index contributed by atoms with van der Waals surface area (Å²) in [5.74, 6) is -0.110. The first-order chi connectivity index (χ1) is 6.67. The number of amidine groups is 1. The summed E-state index contributed by atoms with van der Waals surface area (Å²) in [4.78, 5) is 11.8. The molecule has 0 aromatic heterocycles. The topological polar surface area (TPSA) is 87.7 Å². The van der Waals surface area contributed by atoms with Crippen LogP contribution < -0.4 is 11.1 Å². The number of nitrogens with zero attached hydrogens (tertiary/aromatic N) is 1. The predicted octanol–water partition coefficient (Wildman–Crippen LogP) is 1.06. The van der Waals surface area contributed by atoms with Crippen LogP contribution in [0, 0.1) is 5.41 Å². The maximum absolute atomic E-state index is 11.8. The summed E-state index contributed by atoms with van der Waals surface area (Å²) in [5.41, 5.74) is 4.25. The fourth-order valence-electron chi connectivity index (χ4n) is 0.882. The molecule has 15 heavy (non-hydrogen) atoms. The fourth-order valence-corrected chi connectivity index (χ4v) is 0.882. The number of hydrogen-bond donors (Lipinski definition) is 3. The van der Waals surface area contributed by atoms with Crippen molar-refractivity contribution < 1.29 is 10.0 Å². The lowest BCUT2D eigenvalue weighted by molar-refractivity contribution is -0.129. The minimum absolute atomic E-state index is 0.0163. The van der Waals surface area contributed by atoms with Gasteiger partial charge in [-0.1, -0.05) is 32.9 Å². The van der Waals surface area contributed by atoms with Crippen LogP contribution in [-0.2, 0) is 4.79 Å². The standard InChI is InChI=1S/C10H21N3O2/c1-6-10(5,7(11)13-15)12-8(14)9(2,3)4/h15H,6H2,1-5H3,(H2,11,13)(H,12,14). The van der Waals surface area contributed by atoms with Crippen LogP contribution in [0.5, 0.6) is 0 Å². The van der Waals surface area contributed by atoms with E-state index in [1.54, 1.807) is 6.92 Å². The Morgan fingerprint density at radius 1 is 1.40 bits per heavy atom. The summed E-state index contributed by atoms with van der Waals surface area (Å²) in [6.45, 7) is 9.02. The van der Waals surface area contributed by atoms with Gasteiger partial charge in [0.2, 0.25) is 5.91 Å². The number of amides is 1. The monoisotopic (exact) mass is 215 g/mol. The third kappa shape index (κ3) is 3.42. The van der Waals surface area contributed by atoms with Gasteiger partial charge in [-0.3, -0.25) is 4.79 Å². The molecule has 0 fully saturated rings. The summed E-state index contributed by atoms with van der Waals surface area (Å²) in [5, 5.41) is 14.4. The number of nitrogens with one attached hydrogen (secondary N) is 1. The molecule has 0 radical (unpaired) electrons. The van der Waals surface area contributed by atoms with E-state index in [1.165, 1.54) is 0 Å². The number of hydrogen-bond acceptors (Lipinski definition) is 3. The molecule has 0 saturated carbocycles. The summed E-state index contributed by atoms with van der Waals surface area (Å²) in [6.07, 6.45) is 0.560. The second-order valence-corrected chi connectivity index (χ2v) is 4.88. The molecule has 5 heteroatoms. The van der Waals surface area contributed by atoms with Gasteiger partial charge in [-0.15, -0.1) is 0 Å². The van der Waals surface area contributed by atoms with Gasteiger partial charge in [-0.2, -0.15) is 0 Å². The van der Waals surface area contributed by atoms with Crippen molar-refractivity contribution in [3.8, 4) is 0 Å². The van der Waals surface area contributed by atoms with Crippen molar-refractivity contribution in [1.82, 2.24) is 5.32 Å². The quantitative estimate of drug-likeness (QED) is 0.285. The molecule has 0 aromatic rings. The van der Waals surface area contributed by atoms with Crippen molar-refractivity contribution in [2.45, 2.75) is 46.6 Å². The number of carbonyl (C=O) groups excluding carboxylic acids is 1. The number of oxime groups is 1. The normalized spacial score (nSPS) is 17.0. The summed E-state index contributed by atoms with van der Waals surface area (Å²) >= 11 is 0. The van der Waals surface area contributed by atoms with E-state index in [0.29, 0.717) is 6.42 Å². The first-order valence-corrected chi connectivity index (χ1v) is 4.98. The van der Waals surface area contributed by atoms with Crippen LogP contribution in [-0.4, -0.2) is 22.5 Å². The van der Waals surface area contributed by atoms with E-state index in [-0.39, 0.29) is 11.7 Å². The Morgan fingerprint density at radius 3 is 2.13 bits per heavy atom. The Balaban J connectivity index is 4.82. The van der Waals surface area contributed by atoms with E-state index < -0.39 is 11.0 Å². The molecule has 0 rings (SSSR count). The molecule has 0 aliphatic rings. The lowest BCUT2D eigenvalue weighted by Crippen LogP contribution is -2.57. The van der Waals surface area contributed by atoms with Crippen molar-refractivity contribution >= 4 is 11.7 Å². The second kappa shape index (κ2) is 4.51. The third-order valence-electron chi connectivity index (χ3n) is 2.45. The Morgan fingerprint density at radius 2 is 1.87 bits per heavy atom. The second-order valence-electron chi connectivity index (χ2n) is 4.88. The average molecular weight is 215 g/mol. The zero-order valence-corrected chi connectivity index (χ0v) is 10.1. The van der Waals surface area contributed by atoms with Crippen molar-refractivity contribution in [3.05, 3.63) is 0 Å². The van der Waals surface area contributed by atoms with Gasteiger partial charge in [-0.05, 0) is 13.3 Å². The maximum atomic E-state index is 11.8. The van der Waals surface area contributed by atoms with Crippen LogP contribution in [0.15, 0.2) is 5.16 Å². The third-order valence-corrected chi connectivity index (χ3v) is 2.45. The van der Waals surface area contributed by atoms with Gasteiger partial charge in [0.05, 0.1) is 5.54 Å². The van der Waals surface area contributed by atoms with Crippen LogP contribution in [0.3, 0.4) is 0 Å². The molecule has 1 unspecified atom stereocenters. The smallest absolute Gasteiger partial charge is 0.226 e. The molecule has 0 saturated heterocycles. The van der Waals surface area contributed by atoms with Gasteiger partial charge in [0.25, 0.3) is 0 Å². The molecule has 0 aliphatic heterocycles. The van der Waals surface area contributed by atoms with Gasteiger partial charge in [0, 0.05) is 5.41 Å². The molecule has 5 nitrogen and oxygen atoms in total. The molecule has 0 aliphatic carbocycles. The van der Waals surface area contributed by atoms with Gasteiger partial charge in [-0.25, -0.2) is 0 Å². The predicted molar refractivity (Wildman–Crippen MR) is 59.7 cm³/mol. The maximum Gasteiger partial charge on any atom is 0.226 e. The van der Waals surface area contributed by atoms with E-state index in [1.807, 2.05) is 27.7 Å². The Bertz CT molecular complexity index is 268. The van der Waals surface area contributed by atoms with Crippen molar-refractivity contribution in [1.29, 1.82) is 0 Å². The van der Waals surface area contributed by atoms with Crippen molar-refractivity contribution in [2.24, 2.45) is 16.3 Å². The minimum Gasteiger partial charge on any atom is -0.409 e. The molecule has 1 amide bonds. The van der Waals surface area contributed by atoms with E-state index in [4.69, 9.17) is 10.9 Å². The molecule has 0 bridgehead atoms. The highest BCUT2D eigenvalue weighted by Crippen LogP contribution is 2.17. The first kappa shape index (κ1) is 13.7. The molecular weight excluding hydrogens is 194 g/mol. The van der Waals surface area contributed by atoms with Crippen LogP contribution in [0.2, 0.25) is 0 Å². The van der Waals surface area contributed by atoms with Crippen LogP contribution in [0.4, 0.5) is 0 Å². The highest BCUT2D eigenvalue weighted by molar-refractivity contribution is 5.94. The lowest BCUT2D eigenvalue weighted by atomic mass is 9.91. The van der Waals surface area contributed by atoms with Crippen LogP contribution in [0.1, 0.15) is 41.0 Å². The molecule has 4 N–H and O–H groups in total. The lowest BCUT2D eigenvalue weighted by Gasteiger charge is -2.31. The van der Waals surface area contributed by atoms with Gasteiger partial charge < -0.3 is 16.3 Å². The van der Waals surface area contributed by atoms with E-state index >= 15 is 0 Å². The van der Waals surface area contributed by atoms with E-state index in [9.17, 15) is 4.79 Å². The molecule has 0 aromatic carbocycles. The molecule has 0 spiro atoms. The Kier molecular flexibility index (Phi) is 4.13. The largest absolute Gasteiger partial charge is 0.409 e. The Labute approximate surface area is 90.7 Å². The minimum atomic E-state index is -0.793. The van der Waals surface area contributed by atoms with E-state index in [2.05, 4.69) is 10.5 Å². The van der Waals surface area contributed by atoms with Gasteiger partial charge in [0.1, 0.15) is 0 Å². The van der Waals surface area contributed by atoms with Crippen LogP contribution >= 0.6 is 0 Å². The molecule has 88 valence electrons. The number of carbonyl (C=O) groups is 1. The van der Waals surface area contributed by atoms with Crippen LogP contribution in [0.25, 0.3) is 0 Å². The molecule has 0 heterocycles. The Hall–Kier alpha value is -1.26. The highest BCUT2D eigenvalue weighted by atomic mass is 16.4. The number of rotatable bonds is 3. The van der Waals surface area contributed by atoms with Crippen molar-refractivity contribution in [3.63, 3.8) is 0 Å². The zero-order chi connectivity index (χ0) is 12.3. The summed E-state index contributed by atoms with van der Waals surface area (Å²) in [7, 11) is 0. The number of nitrogens with two attached hydrogens (primary N) is 1. The molecular formula is C10H21N3O2. The van der Waals surface area contributed by atoms with E-state index in [0.717, 1.165) is 0 Å². The summed E-state index contributed by atoms with van der Waals surface area (Å²) in [6, 6.07) is 0.